The van der Waals surface area contributed by atoms with Gasteiger partial charge in [0.05, 0.1) is 5.76 Å². The van der Waals surface area contributed by atoms with Crippen LogP contribution in [0.2, 0.25) is 0 Å². The Morgan fingerprint density at radius 2 is 1.81 bits per heavy atom. The first-order chi connectivity index (χ1) is 12.3. The Hall–Kier alpha value is -2.29. The number of aliphatic hydroxyl groups is 1. The number of carbonyl (C=O) groups excluding carboxylic acids is 1. The van der Waals surface area contributed by atoms with Gasteiger partial charge in [0.2, 0.25) is 0 Å². The third kappa shape index (κ3) is 6.13. The fraction of sp³-hybridized carbons (Fsp3) is 0.217. The third-order valence-corrected chi connectivity index (χ3v) is 4.10. The second-order valence-electron chi connectivity index (χ2n) is 6.44. The van der Waals surface area contributed by atoms with E-state index < -0.39 is 0 Å². The van der Waals surface area contributed by atoms with Gasteiger partial charge in [-0.25, -0.2) is 0 Å². The zero-order valence-electron chi connectivity index (χ0n) is 16.3. The number of aromatic nitrogens is 1. The SMILES string of the molecule is CC(=O)/C=C(/C)O.Cc1ccc2ccnc(-c3[c-]ccc(C)c3C)c2c1.[Ir]. The van der Waals surface area contributed by atoms with E-state index in [0.29, 0.717) is 0 Å². The van der Waals surface area contributed by atoms with Gasteiger partial charge in [0.25, 0.3) is 0 Å². The van der Waals surface area contributed by atoms with E-state index in [-0.39, 0.29) is 31.6 Å². The van der Waals surface area contributed by atoms with Crippen molar-refractivity contribution in [1.29, 1.82) is 0 Å². The van der Waals surface area contributed by atoms with Crippen molar-refractivity contribution in [2.45, 2.75) is 34.6 Å². The number of rotatable bonds is 2. The minimum Gasteiger partial charge on any atom is -0.512 e. The summed E-state index contributed by atoms with van der Waals surface area (Å²) in [6, 6.07) is 16.0. The number of nitrogens with zero attached hydrogens (tertiary/aromatic N) is 1. The van der Waals surface area contributed by atoms with Crippen molar-refractivity contribution in [2.24, 2.45) is 0 Å². The largest absolute Gasteiger partial charge is 0.512 e. The zero-order valence-corrected chi connectivity index (χ0v) is 18.6. The van der Waals surface area contributed by atoms with E-state index in [2.05, 4.69) is 62.2 Å². The van der Waals surface area contributed by atoms with Gasteiger partial charge in [0.15, 0.2) is 5.78 Å². The number of fused-ring (bicyclic) bond motifs is 1. The van der Waals surface area contributed by atoms with E-state index in [1.54, 1.807) is 0 Å². The first-order valence-electron chi connectivity index (χ1n) is 8.51. The summed E-state index contributed by atoms with van der Waals surface area (Å²) in [5.74, 6) is -0.0625. The summed E-state index contributed by atoms with van der Waals surface area (Å²) in [6.07, 6.45) is 3.04. The van der Waals surface area contributed by atoms with E-state index in [4.69, 9.17) is 5.11 Å². The first kappa shape index (κ1) is 22.7. The van der Waals surface area contributed by atoms with Crippen LogP contribution in [0, 0.1) is 26.8 Å². The molecule has 1 N–H and O–H groups in total. The van der Waals surface area contributed by atoms with Gasteiger partial charge in [-0.1, -0.05) is 37.6 Å². The summed E-state index contributed by atoms with van der Waals surface area (Å²) in [4.78, 5) is 14.6. The molecule has 0 aliphatic rings. The number of aliphatic hydroxyl groups excluding tert-OH is 1. The monoisotopic (exact) mass is 539 g/mol. The van der Waals surface area contributed by atoms with Crippen LogP contribution in [0.1, 0.15) is 30.5 Å². The molecule has 0 aliphatic carbocycles. The Balaban J connectivity index is 0.000000395. The van der Waals surface area contributed by atoms with Gasteiger partial charge < -0.3 is 10.1 Å². The minimum atomic E-state index is -0.125. The van der Waals surface area contributed by atoms with Crippen molar-refractivity contribution in [3.63, 3.8) is 0 Å². The molecule has 0 atom stereocenters. The minimum absolute atomic E-state index is 0. The number of pyridine rings is 1. The topological polar surface area (TPSA) is 50.2 Å². The van der Waals surface area contributed by atoms with E-state index >= 15 is 0 Å². The van der Waals surface area contributed by atoms with Crippen molar-refractivity contribution >= 4 is 16.6 Å². The summed E-state index contributed by atoms with van der Waals surface area (Å²) in [5.41, 5.74) is 5.93. The second kappa shape index (κ2) is 10.1. The van der Waals surface area contributed by atoms with E-state index in [1.807, 2.05) is 12.3 Å². The maximum Gasteiger partial charge on any atom is 0.155 e. The van der Waals surface area contributed by atoms with Crippen LogP contribution in [0.3, 0.4) is 0 Å². The number of benzene rings is 2. The maximum absolute atomic E-state index is 10.0. The van der Waals surface area contributed by atoms with Crippen LogP contribution in [-0.2, 0) is 24.9 Å². The number of aryl methyl sites for hydroxylation is 2. The predicted molar refractivity (Wildman–Crippen MR) is 107 cm³/mol. The van der Waals surface area contributed by atoms with Gasteiger partial charge in [-0.3, -0.25) is 4.79 Å². The number of ketones is 1. The Morgan fingerprint density at radius 1 is 1.11 bits per heavy atom. The molecule has 0 amide bonds. The molecule has 1 radical (unpaired) electrons. The molecule has 0 saturated heterocycles. The Morgan fingerprint density at radius 3 is 2.41 bits per heavy atom. The van der Waals surface area contributed by atoms with Crippen molar-refractivity contribution < 1.29 is 30.0 Å². The number of hydrogen-bond donors (Lipinski definition) is 1. The molecule has 0 spiro atoms. The number of hydrogen-bond acceptors (Lipinski definition) is 3. The van der Waals surface area contributed by atoms with E-state index in [1.165, 1.54) is 47.4 Å². The predicted octanol–water partition coefficient (Wildman–Crippen LogP) is 5.66. The average Bonchev–Trinajstić information content (AvgIpc) is 2.56. The van der Waals surface area contributed by atoms with Gasteiger partial charge >= 0.3 is 0 Å². The average molecular weight is 539 g/mol. The Kier molecular flexibility index (Phi) is 8.55. The fourth-order valence-electron chi connectivity index (χ4n) is 2.70. The molecule has 0 fully saturated rings. The van der Waals surface area contributed by atoms with Gasteiger partial charge in [-0.2, -0.15) is 0 Å². The standard InChI is InChI=1S/C18H16N.C5H8O2.Ir/c1-12-7-8-15-9-10-19-18(17(15)11-12)16-6-4-5-13(2)14(16)3;1-4(6)3-5(2)7;/h4-5,7-11H,1-3H3;3,6H,1-2H3;/q-1;;/b;4-3-;. The van der Waals surface area contributed by atoms with Crippen molar-refractivity contribution in [3.8, 4) is 11.3 Å². The smallest absolute Gasteiger partial charge is 0.155 e. The molecule has 143 valence electrons. The van der Waals surface area contributed by atoms with Gasteiger partial charge in [-0.05, 0) is 43.3 Å². The summed E-state index contributed by atoms with van der Waals surface area (Å²) >= 11 is 0. The van der Waals surface area contributed by atoms with Gasteiger partial charge in [0, 0.05) is 32.4 Å². The zero-order chi connectivity index (χ0) is 19.3. The molecule has 3 rings (SSSR count). The molecule has 4 heteroatoms. The van der Waals surface area contributed by atoms with Crippen molar-refractivity contribution in [3.05, 3.63) is 77.2 Å². The molecule has 0 saturated carbocycles. The summed E-state index contributed by atoms with van der Waals surface area (Å²) in [5, 5.41) is 10.8. The van der Waals surface area contributed by atoms with Crippen LogP contribution in [0.5, 0.6) is 0 Å². The van der Waals surface area contributed by atoms with Gasteiger partial charge in [0.1, 0.15) is 0 Å². The number of carbonyl (C=O) groups is 1. The first-order valence-corrected chi connectivity index (χ1v) is 8.51. The molecule has 3 aromatic rings. The van der Waals surface area contributed by atoms with Crippen LogP contribution >= 0.6 is 0 Å². The van der Waals surface area contributed by atoms with E-state index in [9.17, 15) is 4.79 Å². The Bertz CT molecular complexity index is 973. The summed E-state index contributed by atoms with van der Waals surface area (Å²) in [7, 11) is 0. The molecule has 0 bridgehead atoms. The molecule has 2 aromatic carbocycles. The summed E-state index contributed by atoms with van der Waals surface area (Å²) < 4.78 is 0. The Labute approximate surface area is 174 Å². The molecule has 0 unspecified atom stereocenters. The molecule has 1 heterocycles. The van der Waals surface area contributed by atoms with E-state index in [0.717, 1.165) is 11.3 Å². The molecular weight excluding hydrogens is 514 g/mol. The summed E-state index contributed by atoms with van der Waals surface area (Å²) in [6.45, 7) is 9.23. The quantitative estimate of drug-likeness (QED) is 0.260. The number of allylic oxidation sites excluding steroid dienone is 2. The molecule has 27 heavy (non-hydrogen) atoms. The molecule has 1 aromatic heterocycles. The normalized spacial score (nSPS) is 10.6. The van der Waals surface area contributed by atoms with Crippen LogP contribution < -0.4 is 0 Å². The molecule has 0 aliphatic heterocycles. The second-order valence-corrected chi connectivity index (χ2v) is 6.44. The van der Waals surface area contributed by atoms with Crippen LogP contribution in [0.25, 0.3) is 22.0 Å². The third-order valence-electron chi connectivity index (χ3n) is 4.10. The fourth-order valence-corrected chi connectivity index (χ4v) is 2.70. The van der Waals surface area contributed by atoms with Crippen LogP contribution in [-0.4, -0.2) is 15.9 Å². The van der Waals surface area contributed by atoms with Gasteiger partial charge in [-0.15, -0.1) is 34.9 Å². The van der Waals surface area contributed by atoms with Crippen LogP contribution in [0.4, 0.5) is 0 Å². The molecular formula is C23H24IrNO2-. The maximum atomic E-state index is 10.0. The van der Waals surface area contributed by atoms with Crippen molar-refractivity contribution in [2.75, 3.05) is 0 Å². The van der Waals surface area contributed by atoms with Crippen LogP contribution in [0.15, 0.2) is 54.4 Å². The van der Waals surface area contributed by atoms with Crippen molar-refractivity contribution in [1.82, 2.24) is 4.98 Å². The molecule has 3 nitrogen and oxygen atoms in total.